The third kappa shape index (κ3) is 7.08. The van der Waals surface area contributed by atoms with Crippen molar-refractivity contribution >= 4 is 19.0 Å². The summed E-state index contributed by atoms with van der Waals surface area (Å²) in [5.41, 5.74) is 3.03. The average molecular weight is 481 g/mol. The summed E-state index contributed by atoms with van der Waals surface area (Å²) in [6.45, 7) is 19.4. The normalized spacial score (nSPS) is 25.0. The van der Waals surface area contributed by atoms with Crippen LogP contribution in [0.4, 0.5) is 0 Å². The highest BCUT2D eigenvalue weighted by atomic mass is 15.2. The predicted molar refractivity (Wildman–Crippen MR) is 151 cm³/mol. The minimum Gasteiger partial charge on any atom is -0.359 e. The second kappa shape index (κ2) is 10.7. The maximum absolute atomic E-state index is 4.78. The monoisotopic (exact) mass is 480 g/mol. The van der Waals surface area contributed by atoms with Gasteiger partial charge in [-0.05, 0) is 53.2 Å². The zero-order chi connectivity index (χ0) is 25.9. The van der Waals surface area contributed by atoms with Crippen molar-refractivity contribution in [2.45, 2.75) is 99.2 Å². The molecule has 6 nitrogen and oxygen atoms in total. The quantitative estimate of drug-likeness (QED) is 0.463. The summed E-state index contributed by atoms with van der Waals surface area (Å²) in [4.78, 5) is 18.5. The standard InChI is InChI=1S/C29H48N6/c1-27(2,3)24-12-15-30-20-35(24)16-13-23-17-25(34(9)21-33-23)29(7,8)14-10-11-22-18-31-19-32-26(22)28(4,5)6/h12,15,17-21,24-26H,10-11,13-14,16H2,1-9H3,(H,31,32). The first-order valence-electron chi connectivity index (χ1n) is 13.2. The molecule has 0 saturated heterocycles. The van der Waals surface area contributed by atoms with Crippen molar-refractivity contribution in [3.05, 3.63) is 35.8 Å². The predicted octanol–water partition coefficient (Wildman–Crippen LogP) is 6.00. The summed E-state index contributed by atoms with van der Waals surface area (Å²) in [6, 6.07) is 0.944. The van der Waals surface area contributed by atoms with Gasteiger partial charge in [-0.1, -0.05) is 55.4 Å². The topological polar surface area (TPSA) is 55.6 Å². The molecule has 3 unspecified atom stereocenters. The second-order valence-electron chi connectivity index (χ2n) is 13.2. The summed E-state index contributed by atoms with van der Waals surface area (Å²) in [5.74, 6) is 0. The third-order valence-corrected chi connectivity index (χ3v) is 7.46. The maximum atomic E-state index is 4.78. The van der Waals surface area contributed by atoms with E-state index in [0.717, 1.165) is 32.2 Å². The van der Waals surface area contributed by atoms with E-state index in [-0.39, 0.29) is 22.3 Å². The van der Waals surface area contributed by atoms with E-state index >= 15 is 0 Å². The van der Waals surface area contributed by atoms with Crippen molar-refractivity contribution in [2.24, 2.45) is 31.2 Å². The summed E-state index contributed by atoms with van der Waals surface area (Å²) in [6.07, 6.45) is 18.8. The van der Waals surface area contributed by atoms with Crippen molar-refractivity contribution in [1.82, 2.24) is 15.1 Å². The third-order valence-electron chi connectivity index (χ3n) is 7.46. The van der Waals surface area contributed by atoms with E-state index in [4.69, 9.17) is 9.98 Å². The molecule has 35 heavy (non-hydrogen) atoms. The second-order valence-corrected chi connectivity index (χ2v) is 13.2. The Hall–Kier alpha value is -2.37. The van der Waals surface area contributed by atoms with Crippen LogP contribution in [0.25, 0.3) is 0 Å². The van der Waals surface area contributed by atoms with Gasteiger partial charge in [0.2, 0.25) is 0 Å². The number of hydrogen-bond acceptors (Lipinski definition) is 6. The molecule has 3 heterocycles. The van der Waals surface area contributed by atoms with Gasteiger partial charge in [-0.2, -0.15) is 0 Å². The number of nitrogens with one attached hydrogen (secondary N) is 1. The Kier molecular flexibility index (Phi) is 8.33. The van der Waals surface area contributed by atoms with Gasteiger partial charge in [0.1, 0.15) is 0 Å². The van der Waals surface area contributed by atoms with E-state index in [1.54, 1.807) is 0 Å². The molecule has 0 amide bonds. The maximum Gasteiger partial charge on any atom is 0.0910 e. The highest BCUT2D eigenvalue weighted by molar-refractivity contribution is 5.61. The van der Waals surface area contributed by atoms with Crippen LogP contribution in [0, 0.1) is 16.2 Å². The van der Waals surface area contributed by atoms with Crippen LogP contribution in [0.2, 0.25) is 0 Å². The molecule has 3 aliphatic rings. The fourth-order valence-corrected chi connectivity index (χ4v) is 5.49. The van der Waals surface area contributed by atoms with Crippen molar-refractivity contribution in [1.29, 1.82) is 0 Å². The van der Waals surface area contributed by atoms with Crippen molar-refractivity contribution in [3.8, 4) is 0 Å². The van der Waals surface area contributed by atoms with Crippen molar-refractivity contribution in [2.75, 3.05) is 13.6 Å². The lowest BCUT2D eigenvalue weighted by Gasteiger charge is -2.41. The first kappa shape index (κ1) is 27.2. The molecule has 0 aromatic heterocycles. The highest BCUT2D eigenvalue weighted by Gasteiger charge is 2.34. The van der Waals surface area contributed by atoms with Gasteiger partial charge >= 0.3 is 0 Å². The van der Waals surface area contributed by atoms with Gasteiger partial charge in [-0.15, -0.1) is 0 Å². The molecule has 6 heteroatoms. The lowest BCUT2D eigenvalue weighted by molar-refractivity contribution is 0.190. The van der Waals surface area contributed by atoms with Crippen LogP contribution in [0.15, 0.2) is 50.8 Å². The molecule has 0 saturated carbocycles. The molecule has 3 rings (SSSR count). The van der Waals surface area contributed by atoms with E-state index in [2.05, 4.69) is 101 Å². The van der Waals surface area contributed by atoms with Gasteiger partial charge in [-0.25, -0.2) is 9.98 Å². The van der Waals surface area contributed by atoms with E-state index in [1.807, 2.05) is 25.2 Å². The van der Waals surface area contributed by atoms with Crippen LogP contribution < -0.4 is 5.32 Å². The molecule has 0 spiro atoms. The van der Waals surface area contributed by atoms with Crippen LogP contribution in [-0.4, -0.2) is 60.5 Å². The Morgan fingerprint density at radius 3 is 2.37 bits per heavy atom. The summed E-state index contributed by atoms with van der Waals surface area (Å²) < 4.78 is 0. The zero-order valence-electron chi connectivity index (χ0n) is 23.5. The molecular formula is C29H48N6. The first-order chi connectivity index (χ1) is 16.3. The Bertz CT molecular complexity index is 906. The lowest BCUT2D eigenvalue weighted by atomic mass is 9.76. The average Bonchev–Trinajstić information content (AvgIpc) is 2.77. The van der Waals surface area contributed by atoms with Crippen LogP contribution in [0.5, 0.6) is 0 Å². The Labute approximate surface area is 214 Å². The molecule has 0 radical (unpaired) electrons. The SMILES string of the molecule is CN1C=NC(CCN2C=NC=CC2C(C)(C)C)=CC1C(C)(C)CCCC1=CNC=NC1C(C)(C)C. The Morgan fingerprint density at radius 1 is 0.943 bits per heavy atom. The van der Waals surface area contributed by atoms with Gasteiger partial charge in [0.25, 0.3) is 0 Å². The van der Waals surface area contributed by atoms with Gasteiger partial charge in [0.05, 0.1) is 37.1 Å². The van der Waals surface area contributed by atoms with Gasteiger partial charge in [0.15, 0.2) is 0 Å². The molecule has 1 N–H and O–H groups in total. The molecular weight excluding hydrogens is 432 g/mol. The minimum absolute atomic E-state index is 0.137. The fourth-order valence-electron chi connectivity index (χ4n) is 5.49. The van der Waals surface area contributed by atoms with Crippen LogP contribution in [0.1, 0.15) is 81.1 Å². The summed E-state index contributed by atoms with van der Waals surface area (Å²) in [5, 5.41) is 3.21. The molecule has 3 atom stereocenters. The largest absolute Gasteiger partial charge is 0.359 e. The van der Waals surface area contributed by atoms with Gasteiger partial charge < -0.3 is 15.1 Å². The van der Waals surface area contributed by atoms with Crippen molar-refractivity contribution in [3.63, 3.8) is 0 Å². The number of aliphatic imine (C=N–C) groups is 3. The molecule has 0 aromatic carbocycles. The molecule has 194 valence electrons. The van der Waals surface area contributed by atoms with Crippen LogP contribution >= 0.6 is 0 Å². The minimum atomic E-state index is 0.137. The van der Waals surface area contributed by atoms with Gasteiger partial charge in [0, 0.05) is 38.1 Å². The van der Waals surface area contributed by atoms with Crippen molar-refractivity contribution < 1.29 is 0 Å². The molecule has 0 fully saturated rings. The van der Waals surface area contributed by atoms with E-state index in [0.29, 0.717) is 12.1 Å². The van der Waals surface area contributed by atoms with Crippen LogP contribution in [0.3, 0.4) is 0 Å². The van der Waals surface area contributed by atoms with E-state index in [1.165, 1.54) is 11.3 Å². The number of rotatable bonds is 8. The first-order valence-corrected chi connectivity index (χ1v) is 13.2. The number of likely N-dealkylation sites (N-methyl/N-ethyl adjacent to an activating group) is 1. The van der Waals surface area contributed by atoms with E-state index < -0.39 is 0 Å². The van der Waals surface area contributed by atoms with Crippen LogP contribution in [-0.2, 0) is 0 Å². The molecule has 3 aliphatic heterocycles. The van der Waals surface area contributed by atoms with E-state index in [9.17, 15) is 0 Å². The van der Waals surface area contributed by atoms with Gasteiger partial charge in [-0.3, -0.25) is 4.99 Å². The highest BCUT2D eigenvalue weighted by Crippen LogP contribution is 2.37. The smallest absolute Gasteiger partial charge is 0.0910 e. The number of hydrogen-bond donors (Lipinski definition) is 1. The summed E-state index contributed by atoms with van der Waals surface area (Å²) in [7, 11) is 2.15. The Morgan fingerprint density at radius 2 is 1.69 bits per heavy atom. The Balaban J connectivity index is 1.60. The fraction of sp³-hybridized carbons (Fsp3) is 0.690. The molecule has 0 bridgehead atoms. The molecule has 0 aliphatic carbocycles. The molecule has 0 aromatic rings. The summed E-state index contributed by atoms with van der Waals surface area (Å²) >= 11 is 0. The zero-order valence-corrected chi connectivity index (χ0v) is 23.5. The lowest BCUT2D eigenvalue weighted by Crippen LogP contribution is -2.44. The number of nitrogens with zero attached hydrogens (tertiary/aromatic N) is 5.